The molecule has 2 rings (SSSR count). The van der Waals surface area contributed by atoms with E-state index in [0.29, 0.717) is 13.1 Å². The molecule has 4 nitrogen and oxygen atoms in total. The summed E-state index contributed by atoms with van der Waals surface area (Å²) in [5.41, 5.74) is 1.96. The van der Waals surface area contributed by atoms with Gasteiger partial charge >= 0.3 is 0 Å². The zero-order chi connectivity index (χ0) is 14.9. The van der Waals surface area contributed by atoms with E-state index in [2.05, 4.69) is 15.6 Å². The van der Waals surface area contributed by atoms with Gasteiger partial charge in [-0.3, -0.25) is 9.78 Å². The predicted octanol–water partition coefficient (Wildman–Crippen LogP) is 1.67. The zero-order valence-electron chi connectivity index (χ0n) is 11.7. The second kappa shape index (κ2) is 8.11. The van der Waals surface area contributed by atoms with E-state index in [0.717, 1.165) is 17.7 Å². The molecule has 0 radical (unpaired) electrons. The molecule has 5 heteroatoms. The first-order valence-corrected chi connectivity index (χ1v) is 6.85. The number of nitrogens with zero attached hydrogens (tertiary/aromatic N) is 1. The third kappa shape index (κ3) is 5.71. The van der Waals surface area contributed by atoms with Gasteiger partial charge in [0.05, 0.1) is 6.42 Å². The average molecular weight is 287 g/mol. The SMILES string of the molecule is O=C(Cc1ccc(F)cc1)NCCNCc1ccncc1. The van der Waals surface area contributed by atoms with Crippen LogP contribution >= 0.6 is 0 Å². The number of pyridine rings is 1. The van der Waals surface area contributed by atoms with Crippen LogP contribution in [0.5, 0.6) is 0 Å². The number of nitrogens with one attached hydrogen (secondary N) is 2. The largest absolute Gasteiger partial charge is 0.355 e. The van der Waals surface area contributed by atoms with Crippen molar-refractivity contribution in [1.82, 2.24) is 15.6 Å². The van der Waals surface area contributed by atoms with Crippen molar-refractivity contribution in [3.05, 3.63) is 65.7 Å². The first-order chi connectivity index (χ1) is 10.2. The lowest BCUT2D eigenvalue weighted by Crippen LogP contribution is -2.32. The van der Waals surface area contributed by atoms with Crippen LogP contribution in [0.4, 0.5) is 4.39 Å². The molecule has 0 spiro atoms. The minimum absolute atomic E-state index is 0.0627. The van der Waals surface area contributed by atoms with Crippen molar-refractivity contribution >= 4 is 5.91 Å². The fourth-order valence-corrected chi connectivity index (χ4v) is 1.87. The Kier molecular flexibility index (Phi) is 5.84. The van der Waals surface area contributed by atoms with E-state index < -0.39 is 0 Å². The highest BCUT2D eigenvalue weighted by Gasteiger charge is 2.02. The maximum Gasteiger partial charge on any atom is 0.224 e. The van der Waals surface area contributed by atoms with Crippen molar-refractivity contribution in [2.24, 2.45) is 0 Å². The molecule has 0 aliphatic heterocycles. The lowest BCUT2D eigenvalue weighted by molar-refractivity contribution is -0.120. The average Bonchev–Trinajstić information content (AvgIpc) is 2.50. The van der Waals surface area contributed by atoms with Crippen LogP contribution < -0.4 is 10.6 Å². The summed E-state index contributed by atoms with van der Waals surface area (Å²) in [6.45, 7) is 2.00. The molecule has 0 bridgehead atoms. The third-order valence-corrected chi connectivity index (χ3v) is 2.98. The van der Waals surface area contributed by atoms with E-state index in [9.17, 15) is 9.18 Å². The highest BCUT2D eigenvalue weighted by molar-refractivity contribution is 5.78. The normalized spacial score (nSPS) is 10.3. The number of amides is 1. The van der Waals surface area contributed by atoms with Crippen LogP contribution in [0.2, 0.25) is 0 Å². The van der Waals surface area contributed by atoms with E-state index in [4.69, 9.17) is 0 Å². The second-order valence-electron chi connectivity index (χ2n) is 4.69. The van der Waals surface area contributed by atoms with Gasteiger partial charge < -0.3 is 10.6 Å². The number of aromatic nitrogens is 1. The molecule has 21 heavy (non-hydrogen) atoms. The minimum atomic E-state index is -0.292. The summed E-state index contributed by atoms with van der Waals surface area (Å²) in [5.74, 6) is -0.355. The van der Waals surface area contributed by atoms with Gasteiger partial charge in [0.2, 0.25) is 5.91 Å². The smallest absolute Gasteiger partial charge is 0.224 e. The number of halogens is 1. The van der Waals surface area contributed by atoms with Crippen LogP contribution in [0.3, 0.4) is 0 Å². The maximum atomic E-state index is 12.7. The molecule has 1 amide bonds. The van der Waals surface area contributed by atoms with Crippen molar-refractivity contribution < 1.29 is 9.18 Å². The topological polar surface area (TPSA) is 54.0 Å². The number of carbonyl (C=O) groups is 1. The maximum absolute atomic E-state index is 12.7. The summed E-state index contributed by atoms with van der Waals surface area (Å²) in [7, 11) is 0. The van der Waals surface area contributed by atoms with Crippen LogP contribution in [0.15, 0.2) is 48.8 Å². The highest BCUT2D eigenvalue weighted by Crippen LogP contribution is 2.03. The number of rotatable bonds is 7. The van der Waals surface area contributed by atoms with Gasteiger partial charge in [0.25, 0.3) is 0 Å². The van der Waals surface area contributed by atoms with Gasteiger partial charge in [-0.2, -0.15) is 0 Å². The summed E-state index contributed by atoms with van der Waals surface area (Å²) in [6.07, 6.45) is 3.77. The van der Waals surface area contributed by atoms with Gasteiger partial charge in [-0.25, -0.2) is 4.39 Å². The molecule has 0 atom stereocenters. The summed E-state index contributed by atoms with van der Waals surface area (Å²) in [5, 5.41) is 6.06. The van der Waals surface area contributed by atoms with E-state index >= 15 is 0 Å². The van der Waals surface area contributed by atoms with Crippen molar-refractivity contribution in [2.45, 2.75) is 13.0 Å². The van der Waals surface area contributed by atoms with Gasteiger partial charge in [-0.1, -0.05) is 12.1 Å². The van der Waals surface area contributed by atoms with Gasteiger partial charge in [-0.15, -0.1) is 0 Å². The molecule has 110 valence electrons. The molecular weight excluding hydrogens is 269 g/mol. The van der Waals surface area contributed by atoms with E-state index in [1.165, 1.54) is 12.1 Å². The predicted molar refractivity (Wildman–Crippen MR) is 79.1 cm³/mol. The Labute approximate surface area is 123 Å². The quantitative estimate of drug-likeness (QED) is 0.762. The van der Waals surface area contributed by atoms with Crippen molar-refractivity contribution in [3.8, 4) is 0 Å². The third-order valence-electron chi connectivity index (χ3n) is 2.98. The highest BCUT2D eigenvalue weighted by atomic mass is 19.1. The fourth-order valence-electron chi connectivity index (χ4n) is 1.87. The molecule has 0 saturated carbocycles. The minimum Gasteiger partial charge on any atom is -0.355 e. The van der Waals surface area contributed by atoms with Crippen LogP contribution in [-0.4, -0.2) is 24.0 Å². The van der Waals surface area contributed by atoms with Crippen molar-refractivity contribution in [2.75, 3.05) is 13.1 Å². The van der Waals surface area contributed by atoms with Crippen LogP contribution in [0.1, 0.15) is 11.1 Å². The first-order valence-electron chi connectivity index (χ1n) is 6.85. The Morgan fingerprint density at radius 2 is 1.71 bits per heavy atom. The summed E-state index contributed by atoms with van der Waals surface area (Å²) >= 11 is 0. The molecule has 0 unspecified atom stereocenters. The molecule has 1 aromatic carbocycles. The fraction of sp³-hybridized carbons (Fsp3) is 0.250. The van der Waals surface area contributed by atoms with Gasteiger partial charge in [-0.05, 0) is 35.4 Å². The Morgan fingerprint density at radius 3 is 2.43 bits per heavy atom. The summed E-state index contributed by atoms with van der Waals surface area (Å²) < 4.78 is 12.7. The zero-order valence-corrected chi connectivity index (χ0v) is 11.7. The molecule has 1 heterocycles. The molecule has 0 fully saturated rings. The number of hydrogen-bond acceptors (Lipinski definition) is 3. The Hall–Kier alpha value is -2.27. The Bertz CT molecular complexity index is 557. The van der Waals surface area contributed by atoms with Gasteiger partial charge in [0.1, 0.15) is 5.82 Å². The van der Waals surface area contributed by atoms with Crippen LogP contribution in [0, 0.1) is 5.82 Å². The Balaban J connectivity index is 1.60. The summed E-state index contributed by atoms with van der Waals surface area (Å²) in [6, 6.07) is 9.85. The lowest BCUT2D eigenvalue weighted by Gasteiger charge is -2.07. The number of hydrogen-bond donors (Lipinski definition) is 2. The van der Waals surface area contributed by atoms with E-state index in [1.807, 2.05) is 12.1 Å². The van der Waals surface area contributed by atoms with Gasteiger partial charge in [0.15, 0.2) is 0 Å². The molecule has 2 aromatic rings. The number of carbonyl (C=O) groups excluding carboxylic acids is 1. The van der Waals surface area contributed by atoms with Crippen molar-refractivity contribution in [3.63, 3.8) is 0 Å². The standard InChI is InChI=1S/C16H18FN3O/c17-15-3-1-13(2-4-15)11-16(21)20-10-9-19-12-14-5-7-18-8-6-14/h1-8,19H,9-12H2,(H,20,21). The van der Waals surface area contributed by atoms with Crippen LogP contribution in [-0.2, 0) is 17.8 Å². The molecule has 1 aromatic heterocycles. The van der Waals surface area contributed by atoms with Crippen LogP contribution in [0.25, 0.3) is 0 Å². The van der Waals surface area contributed by atoms with E-state index in [1.54, 1.807) is 24.5 Å². The second-order valence-corrected chi connectivity index (χ2v) is 4.69. The molecule has 0 aliphatic carbocycles. The molecular formula is C16H18FN3O. The molecule has 0 aliphatic rings. The molecule has 2 N–H and O–H groups in total. The first kappa shape index (κ1) is 15.1. The number of benzene rings is 1. The monoisotopic (exact) mass is 287 g/mol. The van der Waals surface area contributed by atoms with Crippen molar-refractivity contribution in [1.29, 1.82) is 0 Å². The molecule has 0 saturated heterocycles. The summed E-state index contributed by atoms with van der Waals surface area (Å²) in [4.78, 5) is 15.6. The Morgan fingerprint density at radius 1 is 1.00 bits per heavy atom. The lowest BCUT2D eigenvalue weighted by atomic mass is 10.1. The van der Waals surface area contributed by atoms with E-state index in [-0.39, 0.29) is 18.1 Å². The van der Waals surface area contributed by atoms with Gasteiger partial charge in [0, 0.05) is 32.0 Å².